The molecule has 0 spiro atoms. The number of anilines is 1. The molecule has 1 atom stereocenters. The lowest BCUT2D eigenvalue weighted by Gasteiger charge is -2.18. The number of unbranched alkanes of at least 4 members (excludes halogenated alkanes) is 1. The van der Waals surface area contributed by atoms with E-state index >= 15 is 0 Å². The van der Waals surface area contributed by atoms with E-state index in [9.17, 15) is 14.4 Å². The average molecular weight is 369 g/mol. The Kier molecular flexibility index (Phi) is 7.99. The predicted octanol–water partition coefficient (Wildman–Crippen LogP) is 2.49. The first kappa shape index (κ1) is 20.1. The first-order chi connectivity index (χ1) is 13.1. The third-order valence-electron chi connectivity index (χ3n) is 3.97. The number of carbonyl (C=O) groups is 3. The summed E-state index contributed by atoms with van der Waals surface area (Å²) in [6.45, 7) is 0. The van der Waals surface area contributed by atoms with Gasteiger partial charge < -0.3 is 10.6 Å². The lowest BCUT2D eigenvalue weighted by atomic mass is 10.1. The molecule has 0 aliphatic rings. The lowest BCUT2D eigenvalue weighted by Crippen LogP contribution is -2.43. The summed E-state index contributed by atoms with van der Waals surface area (Å²) in [6.07, 6.45) is 1.55. The fraction of sp³-hybridized carbons (Fsp3) is 0.250. The number of rotatable bonds is 9. The van der Waals surface area contributed by atoms with Crippen molar-refractivity contribution in [2.75, 3.05) is 5.32 Å². The van der Waals surface area contributed by atoms with E-state index in [1.54, 1.807) is 54.0 Å². The number of hydrogen-bond acceptors (Lipinski definition) is 4. The maximum absolute atomic E-state index is 12.6. The normalized spacial score (nSPS) is 11.3. The fourth-order valence-electron chi connectivity index (χ4n) is 2.54. The lowest BCUT2D eigenvalue weighted by molar-refractivity contribution is -0.129. The van der Waals surface area contributed by atoms with Crippen molar-refractivity contribution in [2.45, 2.75) is 31.7 Å². The Bertz CT molecular complexity index is 750. The summed E-state index contributed by atoms with van der Waals surface area (Å²) < 4.78 is 0. The summed E-state index contributed by atoms with van der Waals surface area (Å²) in [7, 11) is 0. The van der Waals surface area contributed by atoms with Gasteiger partial charge >= 0.3 is 0 Å². The summed E-state index contributed by atoms with van der Waals surface area (Å²) in [5.74, 6) is -1.14. The zero-order valence-corrected chi connectivity index (χ0v) is 14.9. The third-order valence-corrected chi connectivity index (χ3v) is 3.97. The van der Waals surface area contributed by atoms with E-state index in [1.165, 1.54) is 0 Å². The van der Waals surface area contributed by atoms with Crippen LogP contribution in [0.4, 0.5) is 5.69 Å². The number of para-hydroxylation sites is 1. The van der Waals surface area contributed by atoms with Gasteiger partial charge in [-0.05, 0) is 37.1 Å². The van der Waals surface area contributed by atoms with Gasteiger partial charge in [0.15, 0.2) is 0 Å². The summed E-state index contributed by atoms with van der Waals surface area (Å²) in [5, 5.41) is 14.1. The molecule has 0 aliphatic heterocycles. The fourth-order valence-corrected chi connectivity index (χ4v) is 2.54. The molecule has 2 aromatic rings. The first-order valence-electron chi connectivity index (χ1n) is 8.75. The van der Waals surface area contributed by atoms with Crippen LogP contribution in [0.25, 0.3) is 0 Å². The van der Waals surface area contributed by atoms with Crippen LogP contribution in [0.1, 0.15) is 36.0 Å². The van der Waals surface area contributed by atoms with Crippen LogP contribution < -0.4 is 16.1 Å². The highest BCUT2D eigenvalue weighted by atomic mass is 16.5. The van der Waals surface area contributed by atoms with Crippen molar-refractivity contribution in [1.82, 2.24) is 10.8 Å². The molecule has 0 saturated carbocycles. The second-order valence-electron chi connectivity index (χ2n) is 6.03. The van der Waals surface area contributed by atoms with Crippen LogP contribution in [0.2, 0.25) is 0 Å². The van der Waals surface area contributed by atoms with Crippen LogP contribution in [0.5, 0.6) is 0 Å². The van der Waals surface area contributed by atoms with Gasteiger partial charge in [-0.3, -0.25) is 19.6 Å². The molecule has 3 amide bonds. The van der Waals surface area contributed by atoms with E-state index in [0.717, 1.165) is 0 Å². The summed E-state index contributed by atoms with van der Waals surface area (Å²) in [5.41, 5.74) is 2.68. The molecular formula is C20H23N3O4. The number of nitrogens with one attached hydrogen (secondary N) is 3. The smallest absolute Gasteiger partial charge is 0.251 e. The largest absolute Gasteiger partial charge is 0.340 e. The van der Waals surface area contributed by atoms with Gasteiger partial charge in [0.05, 0.1) is 0 Å². The monoisotopic (exact) mass is 369 g/mol. The average Bonchev–Trinajstić information content (AvgIpc) is 2.71. The Balaban J connectivity index is 1.99. The van der Waals surface area contributed by atoms with Gasteiger partial charge in [0.2, 0.25) is 11.8 Å². The van der Waals surface area contributed by atoms with Crippen LogP contribution in [-0.2, 0) is 9.59 Å². The van der Waals surface area contributed by atoms with Gasteiger partial charge in [-0.25, -0.2) is 5.48 Å². The topological polar surface area (TPSA) is 108 Å². The van der Waals surface area contributed by atoms with E-state index in [4.69, 9.17) is 5.21 Å². The number of hydrogen-bond donors (Lipinski definition) is 4. The van der Waals surface area contributed by atoms with Crippen molar-refractivity contribution in [1.29, 1.82) is 0 Å². The molecule has 2 aromatic carbocycles. The maximum Gasteiger partial charge on any atom is 0.251 e. The number of amides is 3. The minimum absolute atomic E-state index is 0.149. The Morgan fingerprint density at radius 3 is 2.15 bits per heavy atom. The molecular weight excluding hydrogens is 346 g/mol. The van der Waals surface area contributed by atoms with Crippen LogP contribution in [0.3, 0.4) is 0 Å². The van der Waals surface area contributed by atoms with Crippen LogP contribution in [0, 0.1) is 0 Å². The van der Waals surface area contributed by atoms with E-state index < -0.39 is 11.9 Å². The van der Waals surface area contributed by atoms with Gasteiger partial charge in [-0.1, -0.05) is 42.8 Å². The first-order valence-corrected chi connectivity index (χ1v) is 8.75. The molecule has 0 aromatic heterocycles. The third kappa shape index (κ3) is 6.91. The molecule has 7 nitrogen and oxygen atoms in total. The molecule has 0 saturated heterocycles. The van der Waals surface area contributed by atoms with Crippen LogP contribution >= 0.6 is 0 Å². The quantitative estimate of drug-likeness (QED) is 0.309. The molecule has 142 valence electrons. The van der Waals surface area contributed by atoms with E-state index in [2.05, 4.69) is 10.6 Å². The molecule has 0 aliphatic carbocycles. The molecule has 27 heavy (non-hydrogen) atoms. The second kappa shape index (κ2) is 10.7. The number of benzene rings is 2. The van der Waals surface area contributed by atoms with E-state index in [0.29, 0.717) is 30.5 Å². The van der Waals surface area contributed by atoms with Gasteiger partial charge in [-0.2, -0.15) is 0 Å². The van der Waals surface area contributed by atoms with Gasteiger partial charge in [-0.15, -0.1) is 0 Å². The van der Waals surface area contributed by atoms with Crippen LogP contribution in [0.15, 0.2) is 60.7 Å². The van der Waals surface area contributed by atoms with Crippen molar-refractivity contribution >= 4 is 23.4 Å². The minimum Gasteiger partial charge on any atom is -0.340 e. The van der Waals surface area contributed by atoms with Gasteiger partial charge in [0.1, 0.15) is 6.04 Å². The van der Waals surface area contributed by atoms with Gasteiger partial charge in [0, 0.05) is 17.7 Å². The highest BCUT2D eigenvalue weighted by molar-refractivity contribution is 6.01. The summed E-state index contributed by atoms with van der Waals surface area (Å²) in [4.78, 5) is 36.1. The Labute approximate surface area is 157 Å². The summed E-state index contributed by atoms with van der Waals surface area (Å²) in [6, 6.07) is 16.9. The molecule has 0 bridgehead atoms. The van der Waals surface area contributed by atoms with E-state index in [1.807, 2.05) is 12.1 Å². The minimum atomic E-state index is -0.741. The zero-order chi connectivity index (χ0) is 19.5. The molecule has 0 fully saturated rings. The summed E-state index contributed by atoms with van der Waals surface area (Å²) >= 11 is 0. The van der Waals surface area contributed by atoms with Crippen LogP contribution in [-0.4, -0.2) is 29.0 Å². The van der Waals surface area contributed by atoms with Crippen molar-refractivity contribution in [3.63, 3.8) is 0 Å². The highest BCUT2D eigenvalue weighted by Gasteiger charge is 2.21. The molecule has 0 heterocycles. The van der Waals surface area contributed by atoms with Crippen molar-refractivity contribution in [2.24, 2.45) is 0 Å². The Morgan fingerprint density at radius 2 is 1.52 bits per heavy atom. The Hall–Kier alpha value is -3.19. The van der Waals surface area contributed by atoms with Crippen molar-refractivity contribution in [3.8, 4) is 0 Å². The molecule has 4 N–H and O–H groups in total. The predicted molar refractivity (Wildman–Crippen MR) is 101 cm³/mol. The molecule has 2 rings (SSSR count). The second-order valence-corrected chi connectivity index (χ2v) is 6.03. The molecule has 7 heteroatoms. The standard InChI is InChI=1S/C20H23N3O4/c24-18(23-27)14-8-7-13-17(20(26)21-16-11-5-2-6-12-16)22-19(25)15-9-3-1-4-10-15/h1-6,9-12,17,27H,7-8,13-14H2,(H,21,26)(H,22,25)(H,23,24)/t17-/m0/s1. The van der Waals surface area contributed by atoms with E-state index in [-0.39, 0.29) is 18.2 Å². The number of hydroxylamine groups is 1. The van der Waals surface area contributed by atoms with Crippen molar-refractivity contribution < 1.29 is 19.6 Å². The maximum atomic E-state index is 12.6. The zero-order valence-electron chi connectivity index (χ0n) is 14.9. The van der Waals surface area contributed by atoms with Gasteiger partial charge in [0.25, 0.3) is 5.91 Å². The number of carbonyl (C=O) groups excluding carboxylic acids is 3. The molecule has 0 radical (unpaired) electrons. The SMILES string of the molecule is O=C(CCCC[C@H](NC(=O)c1ccccc1)C(=O)Nc1ccccc1)NO. The highest BCUT2D eigenvalue weighted by Crippen LogP contribution is 2.10. The molecule has 0 unspecified atom stereocenters. The Morgan fingerprint density at radius 1 is 0.889 bits per heavy atom. The van der Waals surface area contributed by atoms with Crippen molar-refractivity contribution in [3.05, 3.63) is 66.2 Å².